The number of benzene rings is 1. The molecule has 0 aromatic heterocycles. The fraction of sp³-hybridized carbons (Fsp3) is 0.100. The highest BCUT2D eigenvalue weighted by atomic mass is 32.2. The number of hydrogen-bond acceptors (Lipinski definition) is 3. The lowest BCUT2D eigenvalue weighted by Gasteiger charge is -2.11. The number of alkyl halides is 3. The summed E-state index contributed by atoms with van der Waals surface area (Å²) in [5, 5.41) is 9.11. The van der Waals surface area contributed by atoms with E-state index in [-0.39, 0.29) is 0 Å². The van der Waals surface area contributed by atoms with Gasteiger partial charge in [-0.2, -0.15) is 13.2 Å². The van der Waals surface area contributed by atoms with Gasteiger partial charge >= 0.3 is 12.1 Å². The van der Waals surface area contributed by atoms with Crippen LogP contribution in [0.1, 0.15) is 11.1 Å². The Labute approximate surface area is 99.3 Å². The molecule has 0 unspecified atom stereocenters. The molecule has 0 radical (unpaired) electrons. The zero-order valence-corrected chi connectivity index (χ0v) is 9.34. The Kier molecular flexibility index (Phi) is 2.51. The smallest absolute Gasteiger partial charge is 0.417 e. The predicted molar refractivity (Wildman–Crippen MR) is 54.2 cm³/mol. The molecule has 96 valence electrons. The lowest BCUT2D eigenvalue weighted by molar-refractivity contribution is -0.140. The third kappa shape index (κ3) is 1.78. The van der Waals surface area contributed by atoms with Crippen molar-refractivity contribution in [2.75, 3.05) is 0 Å². The number of fused-ring (bicyclic) bond motifs is 1. The van der Waals surface area contributed by atoms with Crippen molar-refractivity contribution >= 4 is 21.4 Å². The van der Waals surface area contributed by atoms with Crippen molar-refractivity contribution in [1.82, 2.24) is 0 Å². The minimum absolute atomic E-state index is 0.342. The maximum absolute atomic E-state index is 12.7. The van der Waals surface area contributed by atoms with Crippen molar-refractivity contribution in [3.8, 4) is 0 Å². The van der Waals surface area contributed by atoms with E-state index in [2.05, 4.69) is 0 Å². The Morgan fingerprint density at radius 1 is 1.22 bits per heavy atom. The lowest BCUT2D eigenvalue weighted by Crippen LogP contribution is -2.11. The van der Waals surface area contributed by atoms with E-state index < -0.39 is 43.6 Å². The van der Waals surface area contributed by atoms with Crippen LogP contribution >= 0.6 is 0 Å². The van der Waals surface area contributed by atoms with Gasteiger partial charge in [0.2, 0.25) is 9.84 Å². The van der Waals surface area contributed by atoms with Gasteiger partial charge in [-0.15, -0.1) is 0 Å². The Hall–Kier alpha value is -1.83. The molecule has 0 atom stereocenters. The van der Waals surface area contributed by atoms with Gasteiger partial charge < -0.3 is 5.11 Å². The van der Waals surface area contributed by atoms with Crippen molar-refractivity contribution in [2.45, 2.75) is 11.1 Å². The van der Waals surface area contributed by atoms with Crippen molar-refractivity contribution < 1.29 is 31.5 Å². The summed E-state index contributed by atoms with van der Waals surface area (Å²) in [5.41, 5.74) is -2.44. The van der Waals surface area contributed by atoms with E-state index in [0.717, 1.165) is 12.1 Å². The molecule has 0 fully saturated rings. The quantitative estimate of drug-likeness (QED) is 0.851. The van der Waals surface area contributed by atoms with Crippen molar-refractivity contribution in [3.05, 3.63) is 34.7 Å². The molecular formula is C10H5F3O4S. The first-order valence-electron chi connectivity index (χ1n) is 4.55. The zero-order chi connectivity index (χ0) is 13.7. The molecule has 18 heavy (non-hydrogen) atoms. The summed E-state index contributed by atoms with van der Waals surface area (Å²) >= 11 is 0. The fourth-order valence-electron chi connectivity index (χ4n) is 1.72. The van der Waals surface area contributed by atoms with Gasteiger partial charge in [0.15, 0.2) is 0 Å². The van der Waals surface area contributed by atoms with Gasteiger partial charge in [0.05, 0.1) is 21.4 Å². The Balaban J connectivity index is 2.84. The van der Waals surface area contributed by atoms with Crippen LogP contribution in [0.2, 0.25) is 0 Å². The average Bonchev–Trinajstić information content (AvgIpc) is 2.50. The normalized spacial score (nSPS) is 17.2. The van der Waals surface area contributed by atoms with Gasteiger partial charge in [0.1, 0.15) is 0 Å². The SMILES string of the molecule is O=C(O)C1=CS(=O)(=O)c2c1cccc2C(F)(F)F. The van der Waals surface area contributed by atoms with Crippen LogP contribution in [0.3, 0.4) is 0 Å². The lowest BCUT2D eigenvalue weighted by atomic mass is 10.0. The van der Waals surface area contributed by atoms with Gasteiger partial charge in [-0.05, 0) is 6.07 Å². The number of hydrogen-bond donors (Lipinski definition) is 1. The standard InChI is InChI=1S/C10H5F3O4S/c11-10(12,13)7-3-1-2-5-6(9(14)15)4-18(16,17)8(5)7/h1-4H,(H,14,15). The van der Waals surface area contributed by atoms with Crippen LogP contribution in [0.4, 0.5) is 13.2 Å². The van der Waals surface area contributed by atoms with E-state index in [1.165, 1.54) is 0 Å². The van der Waals surface area contributed by atoms with Crippen LogP contribution in [0.15, 0.2) is 28.5 Å². The van der Waals surface area contributed by atoms with E-state index in [9.17, 15) is 26.4 Å². The summed E-state index contributed by atoms with van der Waals surface area (Å²) in [4.78, 5) is 9.81. The molecule has 0 bridgehead atoms. The summed E-state index contributed by atoms with van der Waals surface area (Å²) in [5.74, 6) is -1.59. The highest BCUT2D eigenvalue weighted by Gasteiger charge is 2.42. The molecule has 0 amide bonds. The molecule has 1 aromatic carbocycles. The minimum Gasteiger partial charge on any atom is -0.478 e. The van der Waals surface area contributed by atoms with Crippen LogP contribution in [0, 0.1) is 0 Å². The molecule has 0 saturated heterocycles. The molecule has 1 aliphatic heterocycles. The summed E-state index contributed by atoms with van der Waals surface area (Å²) in [6, 6.07) is 2.61. The maximum Gasteiger partial charge on any atom is 0.417 e. The van der Waals surface area contributed by atoms with Crippen molar-refractivity contribution in [1.29, 1.82) is 0 Å². The molecule has 2 rings (SSSR count). The summed E-state index contributed by atoms with van der Waals surface area (Å²) in [7, 11) is -4.38. The summed E-state index contributed by atoms with van der Waals surface area (Å²) in [6.45, 7) is 0. The second kappa shape index (κ2) is 3.58. The van der Waals surface area contributed by atoms with Gasteiger partial charge in [-0.1, -0.05) is 12.1 Å². The Bertz CT molecular complexity index is 671. The molecule has 0 spiro atoms. The molecule has 1 N–H and O–H groups in total. The molecular weight excluding hydrogens is 273 g/mol. The third-order valence-corrected chi connectivity index (χ3v) is 3.95. The second-order valence-electron chi connectivity index (χ2n) is 3.56. The monoisotopic (exact) mass is 278 g/mol. The predicted octanol–water partition coefficient (Wildman–Crippen LogP) is 1.92. The highest BCUT2D eigenvalue weighted by Crippen LogP contribution is 2.42. The molecule has 8 heteroatoms. The fourth-order valence-corrected chi connectivity index (χ4v) is 3.35. The first kappa shape index (κ1) is 12.6. The second-order valence-corrected chi connectivity index (χ2v) is 5.30. The van der Waals surface area contributed by atoms with E-state index in [1.54, 1.807) is 0 Å². The van der Waals surface area contributed by atoms with Crippen LogP contribution in [-0.4, -0.2) is 19.5 Å². The van der Waals surface area contributed by atoms with Crippen LogP contribution < -0.4 is 0 Å². The number of carbonyl (C=O) groups is 1. The number of carboxylic acids is 1. The van der Waals surface area contributed by atoms with Gasteiger partial charge in [0, 0.05) is 5.56 Å². The molecule has 1 heterocycles. The number of carboxylic acid groups (broad SMARTS) is 1. The van der Waals surface area contributed by atoms with E-state index in [4.69, 9.17) is 5.11 Å². The number of sulfone groups is 1. The van der Waals surface area contributed by atoms with Gasteiger partial charge in [0.25, 0.3) is 0 Å². The first-order chi connectivity index (χ1) is 8.14. The largest absolute Gasteiger partial charge is 0.478 e. The summed E-state index contributed by atoms with van der Waals surface area (Å²) in [6.07, 6.45) is -4.86. The molecule has 4 nitrogen and oxygen atoms in total. The summed E-state index contributed by atoms with van der Waals surface area (Å²) < 4.78 is 61.2. The van der Waals surface area contributed by atoms with Crippen molar-refractivity contribution in [2.24, 2.45) is 0 Å². The highest BCUT2D eigenvalue weighted by molar-refractivity contribution is 7.95. The van der Waals surface area contributed by atoms with E-state index in [1.807, 2.05) is 0 Å². The molecule has 1 aliphatic rings. The van der Waals surface area contributed by atoms with Crippen LogP contribution in [0.5, 0.6) is 0 Å². The number of halogens is 3. The molecule has 0 aliphatic carbocycles. The van der Waals surface area contributed by atoms with Crippen LogP contribution in [0.25, 0.3) is 5.57 Å². The maximum atomic E-state index is 12.7. The average molecular weight is 278 g/mol. The van der Waals surface area contributed by atoms with Gasteiger partial charge in [-0.3, -0.25) is 0 Å². The van der Waals surface area contributed by atoms with Crippen LogP contribution in [-0.2, 0) is 20.8 Å². The molecule has 0 saturated carbocycles. The third-order valence-electron chi connectivity index (χ3n) is 2.40. The molecule has 1 aromatic rings. The first-order valence-corrected chi connectivity index (χ1v) is 6.10. The minimum atomic E-state index is -4.86. The van der Waals surface area contributed by atoms with Crippen molar-refractivity contribution in [3.63, 3.8) is 0 Å². The van der Waals surface area contributed by atoms with E-state index in [0.29, 0.717) is 11.5 Å². The zero-order valence-electron chi connectivity index (χ0n) is 8.52. The Morgan fingerprint density at radius 2 is 1.83 bits per heavy atom. The topological polar surface area (TPSA) is 71.4 Å². The number of rotatable bonds is 1. The van der Waals surface area contributed by atoms with E-state index >= 15 is 0 Å². The number of aliphatic carboxylic acids is 1. The van der Waals surface area contributed by atoms with Gasteiger partial charge in [-0.25, -0.2) is 13.2 Å². The Morgan fingerprint density at radius 3 is 2.33 bits per heavy atom.